The van der Waals surface area contributed by atoms with Crippen LogP contribution in [0.2, 0.25) is 0 Å². The van der Waals surface area contributed by atoms with Crippen LogP contribution in [0.3, 0.4) is 0 Å². The molecule has 2 heterocycles. The fourth-order valence-corrected chi connectivity index (χ4v) is 2.21. The number of hydrogen-bond acceptors (Lipinski definition) is 4. The number of nitrogens with one attached hydrogen (secondary N) is 1. The van der Waals surface area contributed by atoms with Gasteiger partial charge in [-0.1, -0.05) is 0 Å². The van der Waals surface area contributed by atoms with Gasteiger partial charge >= 0.3 is 0 Å². The Hall–Kier alpha value is -1.36. The Morgan fingerprint density at radius 3 is 3.12 bits per heavy atom. The van der Waals surface area contributed by atoms with E-state index in [2.05, 4.69) is 21.8 Å². The van der Waals surface area contributed by atoms with E-state index in [1.54, 1.807) is 6.07 Å². The Bertz CT molecular complexity index is 403. The van der Waals surface area contributed by atoms with Gasteiger partial charge in [-0.15, -0.1) is 0 Å². The van der Waals surface area contributed by atoms with E-state index in [0.29, 0.717) is 18.5 Å². The van der Waals surface area contributed by atoms with Gasteiger partial charge in [0.1, 0.15) is 5.82 Å². The van der Waals surface area contributed by atoms with Gasteiger partial charge in [-0.3, -0.25) is 4.79 Å². The standard InChI is InChI=1S/C11H18N4O/c1-8-2-3-9(5-12)6-15(8)10-4-11(16)14-7-13-10/h4,7-9H,2-3,5-6,12H2,1H3,(H,13,14,16). The maximum Gasteiger partial charge on any atom is 0.252 e. The molecule has 3 N–H and O–H groups in total. The van der Waals surface area contributed by atoms with Crippen molar-refractivity contribution in [1.29, 1.82) is 0 Å². The number of rotatable bonds is 2. The van der Waals surface area contributed by atoms with Crippen LogP contribution < -0.4 is 16.2 Å². The minimum atomic E-state index is -0.105. The van der Waals surface area contributed by atoms with Crippen LogP contribution in [0.25, 0.3) is 0 Å². The minimum absolute atomic E-state index is 0.105. The molecule has 16 heavy (non-hydrogen) atoms. The normalized spacial score (nSPS) is 25.8. The molecule has 0 saturated carbocycles. The van der Waals surface area contributed by atoms with Gasteiger partial charge in [0.2, 0.25) is 0 Å². The van der Waals surface area contributed by atoms with Gasteiger partial charge in [0.05, 0.1) is 6.33 Å². The lowest BCUT2D eigenvalue weighted by molar-refractivity contribution is 0.371. The van der Waals surface area contributed by atoms with Crippen molar-refractivity contribution in [2.75, 3.05) is 18.0 Å². The molecule has 1 aliphatic rings. The first-order valence-corrected chi connectivity index (χ1v) is 5.72. The maximum atomic E-state index is 11.2. The lowest BCUT2D eigenvalue weighted by Gasteiger charge is -2.38. The Labute approximate surface area is 94.7 Å². The van der Waals surface area contributed by atoms with Crippen LogP contribution >= 0.6 is 0 Å². The Morgan fingerprint density at radius 1 is 1.62 bits per heavy atom. The third-order valence-electron chi connectivity index (χ3n) is 3.27. The average Bonchev–Trinajstić information content (AvgIpc) is 2.30. The second-order valence-corrected chi connectivity index (χ2v) is 4.45. The van der Waals surface area contributed by atoms with E-state index < -0.39 is 0 Å². The Balaban J connectivity index is 2.21. The summed E-state index contributed by atoms with van der Waals surface area (Å²) in [6, 6.07) is 1.98. The zero-order valence-electron chi connectivity index (χ0n) is 9.52. The number of anilines is 1. The van der Waals surface area contributed by atoms with E-state index >= 15 is 0 Å². The van der Waals surface area contributed by atoms with Crippen molar-refractivity contribution in [2.24, 2.45) is 11.7 Å². The van der Waals surface area contributed by atoms with Crippen LogP contribution in [0.15, 0.2) is 17.2 Å². The summed E-state index contributed by atoms with van der Waals surface area (Å²) in [5.41, 5.74) is 5.60. The summed E-state index contributed by atoms with van der Waals surface area (Å²) >= 11 is 0. The molecular weight excluding hydrogens is 204 g/mol. The highest BCUT2D eigenvalue weighted by atomic mass is 16.1. The lowest BCUT2D eigenvalue weighted by atomic mass is 9.93. The first-order chi connectivity index (χ1) is 7.70. The molecular formula is C11H18N4O. The van der Waals surface area contributed by atoms with Gasteiger partial charge in [0.15, 0.2) is 0 Å². The van der Waals surface area contributed by atoms with Crippen LogP contribution in [0, 0.1) is 5.92 Å². The fourth-order valence-electron chi connectivity index (χ4n) is 2.21. The van der Waals surface area contributed by atoms with Crippen LogP contribution in [-0.2, 0) is 0 Å². The molecule has 1 aliphatic heterocycles. The van der Waals surface area contributed by atoms with E-state index in [-0.39, 0.29) is 5.56 Å². The molecule has 1 saturated heterocycles. The lowest BCUT2D eigenvalue weighted by Crippen LogP contribution is -2.44. The SMILES string of the molecule is CC1CCC(CN)CN1c1cc(=O)[nH]cn1. The predicted molar refractivity (Wildman–Crippen MR) is 63.4 cm³/mol. The molecule has 0 bridgehead atoms. The van der Waals surface area contributed by atoms with Crippen molar-refractivity contribution < 1.29 is 0 Å². The van der Waals surface area contributed by atoms with Crippen LogP contribution in [0.5, 0.6) is 0 Å². The van der Waals surface area contributed by atoms with Crippen molar-refractivity contribution in [3.05, 3.63) is 22.7 Å². The molecule has 0 amide bonds. The monoisotopic (exact) mass is 222 g/mol. The molecule has 2 atom stereocenters. The molecule has 1 fully saturated rings. The van der Waals surface area contributed by atoms with Crippen molar-refractivity contribution in [2.45, 2.75) is 25.8 Å². The van der Waals surface area contributed by atoms with Crippen molar-refractivity contribution in [1.82, 2.24) is 9.97 Å². The third kappa shape index (κ3) is 2.24. The molecule has 5 heteroatoms. The highest BCUT2D eigenvalue weighted by Crippen LogP contribution is 2.24. The van der Waals surface area contributed by atoms with Gasteiger partial charge in [0.25, 0.3) is 5.56 Å². The number of piperidine rings is 1. The Morgan fingerprint density at radius 2 is 2.44 bits per heavy atom. The summed E-state index contributed by atoms with van der Waals surface area (Å²) in [5, 5.41) is 0. The summed E-state index contributed by atoms with van der Waals surface area (Å²) in [7, 11) is 0. The van der Waals surface area contributed by atoms with Crippen LogP contribution in [0.1, 0.15) is 19.8 Å². The number of nitrogens with two attached hydrogens (primary N) is 1. The van der Waals surface area contributed by atoms with Crippen LogP contribution in [-0.4, -0.2) is 29.1 Å². The highest BCUT2D eigenvalue weighted by molar-refractivity contribution is 5.38. The van der Waals surface area contributed by atoms with Gasteiger partial charge in [-0.25, -0.2) is 4.98 Å². The summed E-state index contributed by atoms with van der Waals surface area (Å²) in [5.74, 6) is 1.27. The number of aromatic nitrogens is 2. The number of hydrogen-bond donors (Lipinski definition) is 2. The number of nitrogens with zero attached hydrogens (tertiary/aromatic N) is 2. The molecule has 2 rings (SSSR count). The zero-order chi connectivity index (χ0) is 11.5. The molecule has 5 nitrogen and oxygen atoms in total. The molecule has 0 spiro atoms. The van der Waals surface area contributed by atoms with Gasteiger partial charge < -0.3 is 15.6 Å². The summed E-state index contributed by atoms with van der Waals surface area (Å²) in [6.45, 7) is 3.76. The summed E-state index contributed by atoms with van der Waals surface area (Å²) in [4.78, 5) is 20.2. The predicted octanol–water partition coefficient (Wildman–Crippen LogP) is 0.333. The second kappa shape index (κ2) is 4.65. The Kier molecular flexibility index (Phi) is 3.24. The third-order valence-corrected chi connectivity index (χ3v) is 3.27. The largest absolute Gasteiger partial charge is 0.353 e. The molecule has 0 aromatic carbocycles. The average molecular weight is 222 g/mol. The first-order valence-electron chi connectivity index (χ1n) is 5.72. The smallest absolute Gasteiger partial charge is 0.252 e. The number of aromatic amines is 1. The van der Waals surface area contributed by atoms with Crippen molar-refractivity contribution in [3.8, 4) is 0 Å². The minimum Gasteiger partial charge on any atom is -0.353 e. The van der Waals surface area contributed by atoms with Gasteiger partial charge in [0, 0.05) is 18.7 Å². The first kappa shape index (κ1) is 11.1. The van der Waals surface area contributed by atoms with E-state index in [1.165, 1.54) is 6.33 Å². The van der Waals surface area contributed by atoms with Gasteiger partial charge in [-0.2, -0.15) is 0 Å². The molecule has 2 unspecified atom stereocenters. The molecule has 88 valence electrons. The summed E-state index contributed by atoms with van der Waals surface area (Å²) < 4.78 is 0. The topological polar surface area (TPSA) is 75.0 Å². The zero-order valence-corrected chi connectivity index (χ0v) is 9.52. The summed E-state index contributed by atoms with van der Waals surface area (Å²) in [6.07, 6.45) is 3.73. The second-order valence-electron chi connectivity index (χ2n) is 4.45. The molecule has 0 aliphatic carbocycles. The van der Waals surface area contributed by atoms with E-state index in [1.807, 2.05) is 0 Å². The van der Waals surface area contributed by atoms with E-state index in [9.17, 15) is 4.79 Å². The van der Waals surface area contributed by atoms with Crippen molar-refractivity contribution in [3.63, 3.8) is 0 Å². The fraction of sp³-hybridized carbons (Fsp3) is 0.636. The quantitative estimate of drug-likeness (QED) is 0.756. The highest BCUT2D eigenvalue weighted by Gasteiger charge is 2.25. The molecule has 0 radical (unpaired) electrons. The van der Waals surface area contributed by atoms with Crippen LogP contribution in [0.4, 0.5) is 5.82 Å². The number of H-pyrrole nitrogens is 1. The van der Waals surface area contributed by atoms with Crippen molar-refractivity contribution >= 4 is 5.82 Å². The molecule has 1 aromatic rings. The van der Waals surface area contributed by atoms with Gasteiger partial charge in [-0.05, 0) is 32.2 Å². The van der Waals surface area contributed by atoms with E-state index in [4.69, 9.17) is 5.73 Å². The maximum absolute atomic E-state index is 11.2. The van der Waals surface area contributed by atoms with E-state index in [0.717, 1.165) is 25.2 Å². The molecule has 1 aromatic heterocycles.